The van der Waals surface area contributed by atoms with Crippen LogP contribution in [0.25, 0.3) is 0 Å². The third-order valence-corrected chi connectivity index (χ3v) is 6.60. The molecule has 1 fully saturated rings. The standard InChI is InChI=1S/C12H19NOS2/c1-12(2)7-6-9(11(12)13-3)16(14)10-5-4-8-15-10/h4-5,8-9,11,13H,6-7H2,1-3H3. The number of thiophene rings is 1. The van der Waals surface area contributed by atoms with Gasteiger partial charge in [0.15, 0.2) is 0 Å². The molecule has 2 nitrogen and oxygen atoms in total. The van der Waals surface area contributed by atoms with E-state index in [1.54, 1.807) is 11.3 Å². The highest BCUT2D eigenvalue weighted by Gasteiger charge is 2.44. The summed E-state index contributed by atoms with van der Waals surface area (Å²) in [6.07, 6.45) is 2.21. The predicted molar refractivity (Wildman–Crippen MR) is 70.4 cm³/mol. The van der Waals surface area contributed by atoms with E-state index in [-0.39, 0.29) is 10.7 Å². The van der Waals surface area contributed by atoms with E-state index < -0.39 is 10.8 Å². The van der Waals surface area contributed by atoms with Gasteiger partial charge in [-0.05, 0) is 36.8 Å². The van der Waals surface area contributed by atoms with Crippen LogP contribution in [0.4, 0.5) is 0 Å². The molecule has 2 rings (SSSR count). The predicted octanol–water partition coefficient (Wildman–Crippen LogP) is 2.63. The molecule has 0 radical (unpaired) electrons. The average molecular weight is 257 g/mol. The average Bonchev–Trinajstić information content (AvgIpc) is 2.83. The van der Waals surface area contributed by atoms with E-state index in [0.29, 0.717) is 6.04 Å². The minimum absolute atomic E-state index is 0.256. The largest absolute Gasteiger partial charge is 0.315 e. The highest BCUT2D eigenvalue weighted by Crippen LogP contribution is 2.41. The van der Waals surface area contributed by atoms with Crippen molar-refractivity contribution in [1.82, 2.24) is 5.32 Å². The lowest BCUT2D eigenvalue weighted by molar-refractivity contribution is 0.299. The van der Waals surface area contributed by atoms with Crippen LogP contribution < -0.4 is 5.32 Å². The van der Waals surface area contributed by atoms with E-state index in [2.05, 4.69) is 19.2 Å². The van der Waals surface area contributed by atoms with Crippen LogP contribution in [0, 0.1) is 5.41 Å². The molecule has 4 heteroatoms. The van der Waals surface area contributed by atoms with Crippen molar-refractivity contribution in [3.05, 3.63) is 17.5 Å². The van der Waals surface area contributed by atoms with Crippen molar-refractivity contribution in [2.45, 2.75) is 42.2 Å². The van der Waals surface area contributed by atoms with Gasteiger partial charge in [-0.1, -0.05) is 19.9 Å². The summed E-state index contributed by atoms with van der Waals surface area (Å²) in [5.74, 6) is 0. The molecule has 0 amide bonds. The van der Waals surface area contributed by atoms with Gasteiger partial charge in [0.2, 0.25) is 0 Å². The molecule has 1 aliphatic rings. The normalized spacial score (nSPS) is 30.4. The van der Waals surface area contributed by atoms with Crippen molar-refractivity contribution in [3.63, 3.8) is 0 Å². The van der Waals surface area contributed by atoms with E-state index in [1.165, 1.54) is 0 Å². The highest BCUT2D eigenvalue weighted by atomic mass is 32.2. The van der Waals surface area contributed by atoms with Crippen LogP contribution in [-0.2, 0) is 10.8 Å². The smallest absolute Gasteiger partial charge is 0.0914 e. The summed E-state index contributed by atoms with van der Waals surface area (Å²) in [5.41, 5.74) is 0.256. The quantitative estimate of drug-likeness (QED) is 0.902. The van der Waals surface area contributed by atoms with Crippen LogP contribution in [-0.4, -0.2) is 22.5 Å². The molecule has 1 heterocycles. The molecular formula is C12H19NOS2. The third-order valence-electron chi connectivity index (χ3n) is 3.57. The summed E-state index contributed by atoms with van der Waals surface area (Å²) in [5, 5.41) is 5.62. The Balaban J connectivity index is 2.20. The fourth-order valence-electron chi connectivity index (χ4n) is 2.67. The molecule has 90 valence electrons. The molecule has 1 aromatic rings. The van der Waals surface area contributed by atoms with Crippen molar-refractivity contribution in [2.75, 3.05) is 7.05 Å². The van der Waals surface area contributed by atoms with Crippen LogP contribution in [0.3, 0.4) is 0 Å². The Morgan fingerprint density at radius 3 is 2.88 bits per heavy atom. The van der Waals surface area contributed by atoms with Gasteiger partial charge >= 0.3 is 0 Å². The van der Waals surface area contributed by atoms with Crippen LogP contribution in [0.1, 0.15) is 26.7 Å². The Bertz CT molecular complexity index is 372. The second kappa shape index (κ2) is 4.59. The lowest BCUT2D eigenvalue weighted by Crippen LogP contribution is -2.44. The van der Waals surface area contributed by atoms with Gasteiger partial charge in [0, 0.05) is 6.04 Å². The Morgan fingerprint density at radius 2 is 2.31 bits per heavy atom. The van der Waals surface area contributed by atoms with Crippen LogP contribution in [0.5, 0.6) is 0 Å². The Morgan fingerprint density at radius 1 is 1.56 bits per heavy atom. The molecule has 1 aromatic heterocycles. The van der Waals surface area contributed by atoms with Gasteiger partial charge in [-0.2, -0.15) is 0 Å². The minimum Gasteiger partial charge on any atom is -0.315 e. The summed E-state index contributed by atoms with van der Waals surface area (Å²) in [6.45, 7) is 4.53. The van der Waals surface area contributed by atoms with Gasteiger partial charge in [-0.15, -0.1) is 11.3 Å². The van der Waals surface area contributed by atoms with Gasteiger partial charge in [0.1, 0.15) is 0 Å². The number of hydrogen-bond acceptors (Lipinski definition) is 3. The van der Waals surface area contributed by atoms with E-state index >= 15 is 0 Å². The van der Waals surface area contributed by atoms with E-state index in [9.17, 15) is 4.21 Å². The molecule has 3 atom stereocenters. The Kier molecular flexibility index (Phi) is 3.52. The zero-order valence-corrected chi connectivity index (χ0v) is 11.7. The van der Waals surface area contributed by atoms with Gasteiger partial charge in [0.25, 0.3) is 0 Å². The van der Waals surface area contributed by atoms with Crippen molar-refractivity contribution in [3.8, 4) is 0 Å². The van der Waals surface area contributed by atoms with Gasteiger partial charge in [-0.25, -0.2) is 0 Å². The summed E-state index contributed by atoms with van der Waals surface area (Å²) < 4.78 is 13.5. The first-order valence-electron chi connectivity index (χ1n) is 5.67. The first kappa shape index (κ1) is 12.3. The van der Waals surface area contributed by atoms with Crippen molar-refractivity contribution < 1.29 is 4.21 Å². The van der Waals surface area contributed by atoms with Crippen molar-refractivity contribution in [1.29, 1.82) is 0 Å². The Labute approximate surface area is 104 Å². The third kappa shape index (κ3) is 2.11. The summed E-state index contributed by atoms with van der Waals surface area (Å²) in [7, 11) is 1.13. The topological polar surface area (TPSA) is 29.1 Å². The molecule has 1 aliphatic carbocycles. The molecule has 16 heavy (non-hydrogen) atoms. The van der Waals surface area contributed by atoms with Crippen molar-refractivity contribution in [2.24, 2.45) is 5.41 Å². The molecule has 0 saturated heterocycles. The molecule has 1 N–H and O–H groups in total. The van der Waals surface area contributed by atoms with E-state index in [4.69, 9.17) is 0 Å². The van der Waals surface area contributed by atoms with Gasteiger partial charge < -0.3 is 5.32 Å². The second-order valence-electron chi connectivity index (χ2n) is 5.06. The monoisotopic (exact) mass is 257 g/mol. The summed E-state index contributed by atoms with van der Waals surface area (Å²) in [6, 6.07) is 4.32. The van der Waals surface area contributed by atoms with Crippen LogP contribution in [0.15, 0.2) is 21.7 Å². The maximum absolute atomic E-state index is 12.4. The molecule has 0 spiro atoms. The number of nitrogens with one attached hydrogen (secondary N) is 1. The van der Waals surface area contributed by atoms with E-state index in [0.717, 1.165) is 17.1 Å². The summed E-state index contributed by atoms with van der Waals surface area (Å²) >= 11 is 1.60. The molecule has 1 saturated carbocycles. The van der Waals surface area contributed by atoms with Crippen LogP contribution >= 0.6 is 11.3 Å². The highest BCUT2D eigenvalue weighted by molar-refractivity contribution is 7.88. The zero-order valence-electron chi connectivity index (χ0n) is 10.0. The van der Waals surface area contributed by atoms with Crippen LogP contribution in [0.2, 0.25) is 0 Å². The molecular weight excluding hydrogens is 238 g/mol. The zero-order chi connectivity index (χ0) is 11.8. The number of rotatable bonds is 3. The van der Waals surface area contributed by atoms with Gasteiger partial charge in [-0.3, -0.25) is 4.21 Å². The van der Waals surface area contributed by atoms with Gasteiger partial charge in [0.05, 0.1) is 20.3 Å². The maximum atomic E-state index is 12.4. The SMILES string of the molecule is CNC1C(S(=O)c2cccs2)CCC1(C)C. The second-order valence-corrected chi connectivity index (χ2v) is 7.91. The fourth-order valence-corrected chi connectivity index (χ4v) is 5.63. The van der Waals surface area contributed by atoms with E-state index in [1.807, 2.05) is 24.6 Å². The first-order chi connectivity index (χ1) is 7.56. The fraction of sp³-hybridized carbons (Fsp3) is 0.667. The molecule has 0 bridgehead atoms. The molecule has 0 aromatic carbocycles. The maximum Gasteiger partial charge on any atom is 0.0914 e. The first-order valence-corrected chi connectivity index (χ1v) is 7.77. The summed E-state index contributed by atoms with van der Waals surface area (Å²) in [4.78, 5) is 0. The lowest BCUT2D eigenvalue weighted by Gasteiger charge is -2.29. The molecule has 0 aliphatic heterocycles. The molecule has 3 unspecified atom stereocenters. The Hall–Kier alpha value is -0.190. The minimum atomic E-state index is -0.848. The van der Waals surface area contributed by atoms with Crippen molar-refractivity contribution >= 4 is 22.1 Å². The number of hydrogen-bond donors (Lipinski definition) is 1. The lowest BCUT2D eigenvalue weighted by atomic mass is 9.87.